The molecule has 1 aromatic heterocycles. The van der Waals surface area contributed by atoms with E-state index < -0.39 is 17.8 Å². The van der Waals surface area contributed by atoms with Gasteiger partial charge in [-0.3, -0.25) is 9.59 Å². The number of imide groups is 1. The van der Waals surface area contributed by atoms with Gasteiger partial charge in [0.15, 0.2) is 0 Å². The number of amides is 2. The second-order valence-electron chi connectivity index (χ2n) is 6.11. The van der Waals surface area contributed by atoms with Crippen LogP contribution in [0.25, 0.3) is 6.08 Å². The molecule has 138 valence electrons. The van der Waals surface area contributed by atoms with Gasteiger partial charge in [0.2, 0.25) is 5.88 Å². The van der Waals surface area contributed by atoms with Gasteiger partial charge in [0.1, 0.15) is 0 Å². The highest BCUT2D eigenvalue weighted by molar-refractivity contribution is 6.22. The number of carbonyl (C=O) groups is 3. The number of carbonyl (C=O) groups excluding carboxylic acids is 3. The van der Waals surface area contributed by atoms with Crippen molar-refractivity contribution in [2.75, 3.05) is 7.11 Å². The number of nitrogens with zero attached hydrogens (tertiary/aromatic N) is 2. The van der Waals surface area contributed by atoms with Crippen molar-refractivity contribution in [2.45, 2.75) is 20.0 Å². The highest BCUT2D eigenvalue weighted by atomic mass is 16.5. The van der Waals surface area contributed by atoms with E-state index in [9.17, 15) is 14.4 Å². The molecule has 1 aliphatic heterocycles. The van der Waals surface area contributed by atoms with E-state index in [1.54, 1.807) is 24.3 Å². The molecule has 0 spiro atoms. The number of rotatable bonds is 5. The molecule has 1 aromatic carbocycles. The maximum Gasteiger partial charge on any atom is 0.338 e. The third-order valence-corrected chi connectivity index (χ3v) is 3.90. The molecule has 7 nitrogen and oxygen atoms in total. The third-order valence-electron chi connectivity index (χ3n) is 3.90. The molecule has 0 bridgehead atoms. The topological polar surface area (TPSA) is 85.8 Å². The van der Waals surface area contributed by atoms with Crippen LogP contribution in [0.4, 0.5) is 0 Å². The van der Waals surface area contributed by atoms with Crippen molar-refractivity contribution < 1.29 is 23.9 Å². The highest BCUT2D eigenvalue weighted by Crippen LogP contribution is 2.24. The fraction of sp³-hybridized carbons (Fsp3) is 0.200. The number of aromatic nitrogens is 1. The second kappa shape index (κ2) is 7.41. The lowest BCUT2D eigenvalue weighted by molar-refractivity contribution is 0.0598. The summed E-state index contributed by atoms with van der Waals surface area (Å²) in [5, 5.41) is 0. The van der Waals surface area contributed by atoms with Crippen molar-refractivity contribution in [1.29, 1.82) is 0 Å². The summed E-state index contributed by atoms with van der Waals surface area (Å²) in [5.41, 5.74) is 1.31. The van der Waals surface area contributed by atoms with E-state index in [0.717, 1.165) is 4.90 Å². The van der Waals surface area contributed by atoms with E-state index >= 15 is 0 Å². The summed E-state index contributed by atoms with van der Waals surface area (Å²) in [6.07, 6.45) is 4.12. The lowest BCUT2D eigenvalue weighted by Gasteiger charge is -2.12. The molecule has 0 atom stereocenters. The average Bonchev–Trinajstić information content (AvgIpc) is 2.90. The van der Waals surface area contributed by atoms with E-state index in [2.05, 4.69) is 4.98 Å². The molecule has 3 rings (SSSR count). The van der Waals surface area contributed by atoms with E-state index in [1.165, 1.54) is 31.6 Å². The minimum atomic E-state index is -0.576. The predicted octanol–water partition coefficient (Wildman–Crippen LogP) is 2.92. The molecule has 0 saturated heterocycles. The molecule has 0 saturated carbocycles. The molecule has 0 N–H and O–H groups in total. The number of ether oxygens (including phenoxy) is 2. The zero-order valence-corrected chi connectivity index (χ0v) is 15.1. The van der Waals surface area contributed by atoms with Crippen LogP contribution in [0.5, 0.6) is 5.88 Å². The van der Waals surface area contributed by atoms with Gasteiger partial charge in [0.25, 0.3) is 11.8 Å². The molecule has 0 fully saturated rings. The van der Waals surface area contributed by atoms with Gasteiger partial charge in [-0.1, -0.05) is 12.1 Å². The van der Waals surface area contributed by atoms with E-state index in [1.807, 2.05) is 13.8 Å². The summed E-state index contributed by atoms with van der Waals surface area (Å²) in [7, 11) is 1.27. The Labute approximate surface area is 156 Å². The first-order valence-corrected chi connectivity index (χ1v) is 8.32. The maximum absolute atomic E-state index is 12.4. The average molecular weight is 366 g/mol. The van der Waals surface area contributed by atoms with Gasteiger partial charge in [-0.15, -0.1) is 0 Å². The number of fused-ring (bicyclic) bond motifs is 1. The lowest BCUT2D eigenvalue weighted by Crippen LogP contribution is -2.23. The minimum Gasteiger partial charge on any atom is -0.475 e. The minimum absolute atomic E-state index is 0.109. The number of methoxy groups -OCH3 is 1. The Morgan fingerprint density at radius 2 is 1.78 bits per heavy atom. The molecule has 0 unspecified atom stereocenters. The Morgan fingerprint density at radius 1 is 1.15 bits per heavy atom. The van der Waals surface area contributed by atoms with Gasteiger partial charge >= 0.3 is 5.97 Å². The molecular weight excluding hydrogens is 348 g/mol. The van der Waals surface area contributed by atoms with Gasteiger partial charge < -0.3 is 9.47 Å². The SMILES string of the molecule is COC(=O)c1cc(OC(C)C)ncc1/C=C/N1C(=O)c2ccccc2C1=O. The predicted molar refractivity (Wildman–Crippen MR) is 97.3 cm³/mol. The highest BCUT2D eigenvalue weighted by Gasteiger charge is 2.33. The van der Waals surface area contributed by atoms with E-state index in [4.69, 9.17) is 9.47 Å². The Kier molecular flexibility index (Phi) is 5.03. The molecule has 2 aromatic rings. The molecule has 27 heavy (non-hydrogen) atoms. The van der Waals surface area contributed by atoms with Crippen molar-refractivity contribution >= 4 is 23.9 Å². The van der Waals surface area contributed by atoms with Crippen LogP contribution in [-0.2, 0) is 4.74 Å². The summed E-state index contributed by atoms with van der Waals surface area (Å²) < 4.78 is 10.3. The normalized spacial score (nSPS) is 13.4. The van der Waals surface area contributed by atoms with Gasteiger partial charge in [-0.25, -0.2) is 14.7 Å². The number of hydrogen-bond acceptors (Lipinski definition) is 6. The molecule has 2 amide bonds. The standard InChI is InChI=1S/C20H18N2O5/c1-12(2)27-17-10-16(20(25)26-3)13(11-21-17)8-9-22-18(23)14-6-4-5-7-15(14)19(22)24/h4-12H,1-3H3/b9-8+. The van der Waals surface area contributed by atoms with Crippen LogP contribution in [0.15, 0.2) is 42.7 Å². The van der Waals surface area contributed by atoms with Crippen LogP contribution in [0, 0.1) is 0 Å². The zero-order valence-electron chi connectivity index (χ0n) is 15.1. The summed E-state index contributed by atoms with van der Waals surface area (Å²) in [6, 6.07) is 8.06. The summed E-state index contributed by atoms with van der Waals surface area (Å²) >= 11 is 0. The largest absolute Gasteiger partial charge is 0.475 e. The summed E-state index contributed by atoms with van der Waals surface area (Å²) in [4.78, 5) is 42.1. The Morgan fingerprint density at radius 3 is 2.33 bits per heavy atom. The van der Waals surface area contributed by atoms with Crippen LogP contribution in [0.3, 0.4) is 0 Å². The quantitative estimate of drug-likeness (QED) is 0.597. The Hall–Kier alpha value is -3.48. The lowest BCUT2D eigenvalue weighted by atomic mass is 10.1. The number of benzene rings is 1. The second-order valence-corrected chi connectivity index (χ2v) is 6.11. The molecule has 0 radical (unpaired) electrons. The molecule has 1 aliphatic rings. The van der Waals surface area contributed by atoms with Gasteiger partial charge in [0.05, 0.1) is 29.9 Å². The van der Waals surface area contributed by atoms with Gasteiger partial charge in [-0.05, 0) is 32.1 Å². The molecule has 0 aliphatic carbocycles. The molecular formula is C20H18N2O5. The van der Waals surface area contributed by atoms with Crippen LogP contribution in [-0.4, -0.2) is 40.9 Å². The number of hydrogen-bond donors (Lipinski definition) is 0. The van der Waals surface area contributed by atoms with Crippen molar-refractivity contribution in [3.63, 3.8) is 0 Å². The van der Waals surface area contributed by atoms with E-state index in [0.29, 0.717) is 16.7 Å². The Bertz CT molecular complexity index is 914. The maximum atomic E-state index is 12.4. The molecule has 2 heterocycles. The first-order chi connectivity index (χ1) is 12.9. The van der Waals surface area contributed by atoms with Crippen molar-refractivity contribution in [3.8, 4) is 5.88 Å². The van der Waals surface area contributed by atoms with Crippen LogP contribution in [0.2, 0.25) is 0 Å². The van der Waals surface area contributed by atoms with E-state index in [-0.39, 0.29) is 17.5 Å². The Balaban J connectivity index is 1.92. The first kappa shape index (κ1) is 18.3. The van der Waals surface area contributed by atoms with Crippen LogP contribution >= 0.6 is 0 Å². The number of esters is 1. The summed E-state index contributed by atoms with van der Waals surface area (Å²) in [6.45, 7) is 3.69. The molecule has 7 heteroatoms. The van der Waals surface area contributed by atoms with Crippen molar-refractivity contribution in [1.82, 2.24) is 9.88 Å². The zero-order chi connectivity index (χ0) is 19.6. The monoisotopic (exact) mass is 366 g/mol. The smallest absolute Gasteiger partial charge is 0.338 e. The fourth-order valence-electron chi connectivity index (χ4n) is 2.67. The fourth-order valence-corrected chi connectivity index (χ4v) is 2.67. The number of pyridine rings is 1. The first-order valence-electron chi connectivity index (χ1n) is 8.32. The van der Waals surface area contributed by atoms with Crippen LogP contribution < -0.4 is 4.74 Å². The third kappa shape index (κ3) is 3.57. The van der Waals surface area contributed by atoms with Gasteiger partial charge in [0, 0.05) is 24.0 Å². The van der Waals surface area contributed by atoms with Crippen LogP contribution in [0.1, 0.15) is 50.5 Å². The van der Waals surface area contributed by atoms with Crippen molar-refractivity contribution in [2.24, 2.45) is 0 Å². The summed E-state index contributed by atoms with van der Waals surface area (Å²) in [5.74, 6) is -1.13. The van der Waals surface area contributed by atoms with Gasteiger partial charge in [-0.2, -0.15) is 0 Å². The van der Waals surface area contributed by atoms with Crippen molar-refractivity contribution in [3.05, 3.63) is 65.0 Å².